The number of benzene rings is 1. The minimum absolute atomic E-state index is 0.388. The maximum absolute atomic E-state index is 13.1. The number of nitrogens with zero attached hydrogens (tertiary/aromatic N) is 1. The largest absolute Gasteiger partial charge is 0.481 e. The van der Waals surface area contributed by atoms with Crippen molar-refractivity contribution < 1.29 is 14.7 Å². The summed E-state index contributed by atoms with van der Waals surface area (Å²) in [6.07, 6.45) is 6.26. The molecule has 1 aromatic carbocycles. The van der Waals surface area contributed by atoms with Crippen LogP contribution in [0.3, 0.4) is 0 Å². The standard InChI is InChI=1S/C21H23ClN2O3S/c1-10-2-16-15(6-14(10)22)23-20(28-16)24-18(25)17(19(26)27)21-7-11-3-12(8-21)5-13(4-11)9-21/h2,6,11-13,17H,3-5,7-9H2,1H3,(H,26,27)(H,23,24,25)/t11?,12?,13?,17-,21?/m0/s1. The van der Waals surface area contributed by atoms with Crippen LogP contribution in [0.25, 0.3) is 10.2 Å². The van der Waals surface area contributed by atoms with Gasteiger partial charge in [-0.05, 0) is 86.3 Å². The summed E-state index contributed by atoms with van der Waals surface area (Å²) in [6.45, 7) is 1.92. The number of aryl methyl sites for hydroxylation is 1. The maximum Gasteiger partial charge on any atom is 0.316 e. The first kappa shape index (κ1) is 18.4. The van der Waals surface area contributed by atoms with Gasteiger partial charge in [-0.2, -0.15) is 0 Å². The molecule has 2 N–H and O–H groups in total. The number of fused-ring (bicyclic) bond motifs is 1. The molecular weight excluding hydrogens is 396 g/mol. The van der Waals surface area contributed by atoms with Crippen LogP contribution in [0.1, 0.15) is 44.1 Å². The Hall–Kier alpha value is -1.66. The molecule has 148 valence electrons. The van der Waals surface area contributed by atoms with E-state index in [1.165, 1.54) is 30.6 Å². The molecule has 5 nitrogen and oxygen atoms in total. The van der Waals surface area contributed by atoms with Gasteiger partial charge >= 0.3 is 5.97 Å². The van der Waals surface area contributed by atoms with Gasteiger partial charge in [-0.25, -0.2) is 4.98 Å². The van der Waals surface area contributed by atoms with Crippen LogP contribution in [0.4, 0.5) is 5.13 Å². The van der Waals surface area contributed by atoms with Gasteiger partial charge in [0.05, 0.1) is 10.2 Å². The Morgan fingerprint density at radius 2 is 1.82 bits per heavy atom. The lowest BCUT2D eigenvalue weighted by molar-refractivity contribution is -0.162. The van der Waals surface area contributed by atoms with Gasteiger partial charge in [0.1, 0.15) is 5.92 Å². The molecule has 1 aromatic heterocycles. The number of halogens is 1. The lowest BCUT2D eigenvalue weighted by Gasteiger charge is -2.58. The molecule has 7 heteroatoms. The molecule has 4 aliphatic rings. The molecule has 4 aliphatic carbocycles. The number of thiazole rings is 1. The molecule has 0 aliphatic heterocycles. The van der Waals surface area contributed by atoms with Gasteiger partial charge in [-0.3, -0.25) is 9.59 Å². The molecule has 0 spiro atoms. The Bertz CT molecular complexity index is 911. The topological polar surface area (TPSA) is 79.3 Å². The lowest BCUT2D eigenvalue weighted by atomic mass is 9.46. The average Bonchev–Trinajstić information content (AvgIpc) is 2.94. The van der Waals surface area contributed by atoms with Crippen LogP contribution < -0.4 is 5.32 Å². The molecule has 1 atom stereocenters. The van der Waals surface area contributed by atoms with E-state index in [2.05, 4.69) is 10.3 Å². The monoisotopic (exact) mass is 418 g/mol. The zero-order chi connectivity index (χ0) is 19.6. The second-order valence-electron chi connectivity index (χ2n) is 9.13. The highest BCUT2D eigenvalue weighted by Crippen LogP contribution is 2.63. The summed E-state index contributed by atoms with van der Waals surface area (Å²) >= 11 is 7.53. The third-order valence-electron chi connectivity index (χ3n) is 7.11. The molecule has 4 saturated carbocycles. The summed E-state index contributed by atoms with van der Waals surface area (Å²) < 4.78 is 0.930. The van der Waals surface area contributed by atoms with Crippen LogP contribution in [0, 0.1) is 36.0 Å². The van der Waals surface area contributed by atoms with Crippen molar-refractivity contribution in [1.29, 1.82) is 0 Å². The van der Waals surface area contributed by atoms with Gasteiger partial charge in [-0.1, -0.05) is 22.9 Å². The fourth-order valence-electron chi connectivity index (χ4n) is 6.46. The summed E-state index contributed by atoms with van der Waals surface area (Å²) in [5, 5.41) is 13.9. The summed E-state index contributed by atoms with van der Waals surface area (Å²) in [7, 11) is 0. The van der Waals surface area contributed by atoms with E-state index in [1.807, 2.05) is 13.0 Å². The van der Waals surface area contributed by atoms with Crippen LogP contribution in [-0.2, 0) is 9.59 Å². The Balaban J connectivity index is 1.43. The quantitative estimate of drug-likeness (QED) is 0.676. The minimum atomic E-state index is -1.00. The first-order chi connectivity index (χ1) is 13.3. The number of rotatable bonds is 4. The number of aliphatic carboxylic acids is 1. The summed E-state index contributed by atoms with van der Waals surface area (Å²) in [6, 6.07) is 3.73. The smallest absolute Gasteiger partial charge is 0.316 e. The van der Waals surface area contributed by atoms with Gasteiger partial charge in [0.2, 0.25) is 5.91 Å². The van der Waals surface area contributed by atoms with E-state index in [0.717, 1.165) is 35.0 Å². The first-order valence-corrected chi connectivity index (χ1v) is 11.1. The Morgan fingerprint density at radius 3 is 2.39 bits per heavy atom. The molecule has 1 amide bonds. The predicted molar refractivity (Wildman–Crippen MR) is 110 cm³/mol. The third-order valence-corrected chi connectivity index (χ3v) is 8.45. The molecule has 2 aromatic rings. The van der Waals surface area contributed by atoms with Crippen molar-refractivity contribution in [2.45, 2.75) is 45.4 Å². The second kappa shape index (κ2) is 6.42. The van der Waals surface area contributed by atoms with Crippen molar-refractivity contribution in [3.05, 3.63) is 22.7 Å². The molecule has 0 radical (unpaired) electrons. The van der Waals surface area contributed by atoms with Gasteiger partial charge in [0.25, 0.3) is 0 Å². The molecule has 0 saturated heterocycles. The van der Waals surface area contributed by atoms with Crippen LogP contribution in [0.15, 0.2) is 12.1 Å². The zero-order valence-corrected chi connectivity index (χ0v) is 17.3. The molecule has 1 heterocycles. The number of anilines is 1. The number of hydrogen-bond donors (Lipinski definition) is 2. The van der Waals surface area contributed by atoms with E-state index >= 15 is 0 Å². The van der Waals surface area contributed by atoms with Gasteiger partial charge < -0.3 is 10.4 Å². The number of carbonyl (C=O) groups excluding carboxylic acids is 1. The zero-order valence-electron chi connectivity index (χ0n) is 15.7. The first-order valence-electron chi connectivity index (χ1n) is 9.93. The van der Waals surface area contributed by atoms with E-state index in [1.54, 1.807) is 6.07 Å². The average molecular weight is 419 g/mol. The van der Waals surface area contributed by atoms with Crippen molar-refractivity contribution in [3.63, 3.8) is 0 Å². The van der Waals surface area contributed by atoms with Crippen LogP contribution in [0.5, 0.6) is 0 Å². The van der Waals surface area contributed by atoms with Gasteiger partial charge in [-0.15, -0.1) is 0 Å². The lowest BCUT2D eigenvalue weighted by Crippen LogP contribution is -2.54. The van der Waals surface area contributed by atoms with Crippen molar-refractivity contribution in [1.82, 2.24) is 4.98 Å². The van der Waals surface area contributed by atoms with E-state index < -0.39 is 17.8 Å². The fraction of sp³-hybridized carbons (Fsp3) is 0.571. The van der Waals surface area contributed by atoms with E-state index in [-0.39, 0.29) is 5.41 Å². The highest BCUT2D eigenvalue weighted by Gasteiger charge is 2.58. The molecule has 28 heavy (non-hydrogen) atoms. The SMILES string of the molecule is Cc1cc2sc(NC(=O)[C@@H](C(=O)O)C34CC5CC(CC(C5)C3)C4)nc2cc1Cl. The predicted octanol–water partition coefficient (Wildman–Crippen LogP) is 5.11. The number of amides is 1. The van der Waals surface area contributed by atoms with Gasteiger partial charge in [0.15, 0.2) is 5.13 Å². The van der Waals surface area contributed by atoms with Crippen molar-refractivity contribution in [3.8, 4) is 0 Å². The highest BCUT2D eigenvalue weighted by atomic mass is 35.5. The second-order valence-corrected chi connectivity index (χ2v) is 10.6. The number of carbonyl (C=O) groups is 2. The van der Waals surface area contributed by atoms with Gasteiger partial charge in [0, 0.05) is 5.02 Å². The Morgan fingerprint density at radius 1 is 1.21 bits per heavy atom. The van der Waals surface area contributed by atoms with Crippen LogP contribution in [-0.4, -0.2) is 22.0 Å². The Labute approximate surface area is 172 Å². The molecule has 6 rings (SSSR count). The third kappa shape index (κ3) is 2.92. The van der Waals surface area contributed by atoms with E-state index in [0.29, 0.717) is 27.9 Å². The number of aromatic nitrogens is 1. The number of carboxylic acid groups (broad SMARTS) is 1. The van der Waals surface area contributed by atoms with Crippen LogP contribution in [0.2, 0.25) is 5.02 Å². The number of nitrogens with one attached hydrogen (secondary N) is 1. The molecule has 4 bridgehead atoms. The molecule has 0 unspecified atom stereocenters. The molecule has 4 fully saturated rings. The maximum atomic E-state index is 13.1. The summed E-state index contributed by atoms with van der Waals surface area (Å²) in [5.41, 5.74) is 1.28. The normalized spacial score (nSPS) is 31.9. The van der Waals surface area contributed by atoms with Crippen molar-refractivity contribution in [2.75, 3.05) is 5.32 Å². The van der Waals surface area contributed by atoms with Crippen molar-refractivity contribution >= 4 is 50.2 Å². The minimum Gasteiger partial charge on any atom is -0.481 e. The Kier molecular flexibility index (Phi) is 4.22. The van der Waals surface area contributed by atoms with E-state index in [9.17, 15) is 14.7 Å². The van der Waals surface area contributed by atoms with Crippen LogP contribution >= 0.6 is 22.9 Å². The highest BCUT2D eigenvalue weighted by molar-refractivity contribution is 7.22. The summed E-state index contributed by atoms with van der Waals surface area (Å²) in [5.74, 6) is -0.649. The number of hydrogen-bond acceptors (Lipinski definition) is 4. The summed E-state index contributed by atoms with van der Waals surface area (Å²) in [4.78, 5) is 29.8. The fourth-order valence-corrected chi connectivity index (χ4v) is 7.57. The molecular formula is C21H23ClN2O3S. The van der Waals surface area contributed by atoms with E-state index in [4.69, 9.17) is 11.6 Å². The number of carboxylic acids is 1. The van der Waals surface area contributed by atoms with Crippen molar-refractivity contribution in [2.24, 2.45) is 29.1 Å².